The molecule has 0 aromatic heterocycles. The van der Waals surface area contributed by atoms with Crippen LogP contribution in [0.5, 0.6) is 0 Å². The van der Waals surface area contributed by atoms with E-state index in [0.717, 1.165) is 17.8 Å². The van der Waals surface area contributed by atoms with Gasteiger partial charge in [-0.2, -0.15) is 0 Å². The first-order valence-corrected chi connectivity index (χ1v) is 15.7. The van der Waals surface area contributed by atoms with Gasteiger partial charge in [0.2, 0.25) is 0 Å². The SMILES string of the molecule is CC1CCC2C(C1)C1=C(C=C(C(C)(C)C)C1)C2(C)C1c2ccc(C(C)(C)C)cc2-c2cc(C(C)(C)C)ccc21.[Cl-].[Cl-].[Zr+2]. The van der Waals surface area contributed by atoms with Gasteiger partial charge < -0.3 is 24.8 Å². The van der Waals surface area contributed by atoms with Gasteiger partial charge in [0.15, 0.2) is 0 Å². The van der Waals surface area contributed by atoms with E-state index in [9.17, 15) is 0 Å². The topological polar surface area (TPSA) is 0 Å². The van der Waals surface area contributed by atoms with Crippen LogP contribution in [0.4, 0.5) is 0 Å². The predicted octanol–water partition coefficient (Wildman–Crippen LogP) is 5.14. The van der Waals surface area contributed by atoms with E-state index in [1.165, 1.54) is 47.9 Å². The molecule has 0 heterocycles. The minimum absolute atomic E-state index is 0. The molecule has 4 aliphatic carbocycles. The van der Waals surface area contributed by atoms with Gasteiger partial charge in [-0.1, -0.05) is 136 Å². The van der Waals surface area contributed by atoms with Gasteiger partial charge in [0.25, 0.3) is 0 Å². The molecule has 1 fully saturated rings. The largest absolute Gasteiger partial charge is 2.00 e. The van der Waals surface area contributed by atoms with Gasteiger partial charge in [-0.3, -0.25) is 0 Å². The molecule has 0 nitrogen and oxygen atoms in total. The van der Waals surface area contributed by atoms with Crippen molar-refractivity contribution in [3.8, 4) is 11.1 Å². The number of hydrogen-bond donors (Lipinski definition) is 0. The molecule has 2 aromatic carbocycles. The average Bonchev–Trinajstić information content (AvgIpc) is 3.47. The van der Waals surface area contributed by atoms with Gasteiger partial charge in [0, 0.05) is 11.3 Å². The van der Waals surface area contributed by atoms with E-state index in [1.807, 2.05) is 5.57 Å². The van der Waals surface area contributed by atoms with Crippen LogP contribution in [0, 0.1) is 28.6 Å². The van der Waals surface area contributed by atoms with Crippen LogP contribution in [-0.4, -0.2) is 0 Å². The normalized spacial score (nSPS) is 26.7. The molecule has 0 amide bonds. The Bertz CT molecular complexity index is 1340. The van der Waals surface area contributed by atoms with Crippen molar-refractivity contribution in [2.45, 2.75) is 119 Å². The molecular formula is C39H52Cl2Zr. The summed E-state index contributed by atoms with van der Waals surface area (Å²) in [4.78, 5) is 0. The molecule has 226 valence electrons. The summed E-state index contributed by atoms with van der Waals surface area (Å²) in [6.07, 6.45) is 8.03. The maximum Gasteiger partial charge on any atom is 2.00 e. The summed E-state index contributed by atoms with van der Waals surface area (Å²) in [5.74, 6) is 2.76. The average molecular weight is 683 g/mol. The molecule has 0 radical (unpaired) electrons. The molecule has 4 unspecified atom stereocenters. The van der Waals surface area contributed by atoms with Crippen LogP contribution in [0.25, 0.3) is 11.1 Å². The third-order valence-electron chi connectivity index (χ3n) is 11.3. The minimum atomic E-state index is 0. The maximum absolute atomic E-state index is 2.70. The zero-order chi connectivity index (χ0) is 28.3. The van der Waals surface area contributed by atoms with Crippen molar-refractivity contribution in [3.05, 3.63) is 81.4 Å². The first-order chi connectivity index (χ1) is 18.0. The van der Waals surface area contributed by atoms with Crippen LogP contribution in [0.3, 0.4) is 0 Å². The second-order valence-corrected chi connectivity index (χ2v) is 17.0. The Kier molecular flexibility index (Phi) is 9.93. The smallest absolute Gasteiger partial charge is 1.00 e. The maximum atomic E-state index is 2.70. The van der Waals surface area contributed by atoms with Gasteiger partial charge in [0.1, 0.15) is 0 Å². The van der Waals surface area contributed by atoms with Gasteiger partial charge in [-0.15, -0.1) is 0 Å². The summed E-state index contributed by atoms with van der Waals surface area (Å²) in [7, 11) is 0. The second-order valence-electron chi connectivity index (χ2n) is 17.0. The van der Waals surface area contributed by atoms with E-state index < -0.39 is 0 Å². The van der Waals surface area contributed by atoms with E-state index in [2.05, 4.69) is 119 Å². The third kappa shape index (κ3) is 5.54. The molecule has 0 spiro atoms. The van der Waals surface area contributed by atoms with Gasteiger partial charge in [-0.05, 0) is 92.2 Å². The fourth-order valence-corrected chi connectivity index (χ4v) is 8.81. The van der Waals surface area contributed by atoms with E-state index in [4.69, 9.17) is 0 Å². The molecule has 0 aliphatic heterocycles. The molecular weight excluding hydrogens is 631 g/mol. The van der Waals surface area contributed by atoms with Gasteiger partial charge >= 0.3 is 26.2 Å². The molecule has 3 heteroatoms. The zero-order valence-corrected chi connectivity index (χ0v) is 31.9. The Morgan fingerprint density at radius 2 is 1.21 bits per heavy atom. The van der Waals surface area contributed by atoms with Crippen molar-refractivity contribution in [2.75, 3.05) is 0 Å². The van der Waals surface area contributed by atoms with Crippen LogP contribution < -0.4 is 24.8 Å². The van der Waals surface area contributed by atoms with E-state index in [1.54, 1.807) is 22.3 Å². The molecule has 0 N–H and O–H groups in total. The van der Waals surface area contributed by atoms with Crippen LogP contribution >= 0.6 is 0 Å². The van der Waals surface area contributed by atoms with E-state index in [0.29, 0.717) is 5.92 Å². The minimum Gasteiger partial charge on any atom is -1.00 e. The Morgan fingerprint density at radius 3 is 1.67 bits per heavy atom. The van der Waals surface area contributed by atoms with Crippen LogP contribution in [0.2, 0.25) is 0 Å². The van der Waals surface area contributed by atoms with E-state index >= 15 is 0 Å². The fourth-order valence-electron chi connectivity index (χ4n) is 8.81. The molecule has 1 saturated carbocycles. The number of hydrogen-bond acceptors (Lipinski definition) is 0. The summed E-state index contributed by atoms with van der Waals surface area (Å²) in [5, 5.41) is 0. The summed E-state index contributed by atoms with van der Waals surface area (Å²) in [5.41, 5.74) is 14.9. The molecule has 6 rings (SSSR count). The van der Waals surface area contributed by atoms with E-state index in [-0.39, 0.29) is 72.7 Å². The number of halogens is 2. The van der Waals surface area contributed by atoms with Crippen LogP contribution in [0.15, 0.2) is 59.2 Å². The van der Waals surface area contributed by atoms with Crippen LogP contribution in [-0.2, 0) is 37.0 Å². The summed E-state index contributed by atoms with van der Waals surface area (Å²) >= 11 is 0. The van der Waals surface area contributed by atoms with Crippen molar-refractivity contribution in [3.63, 3.8) is 0 Å². The van der Waals surface area contributed by atoms with Crippen LogP contribution in [0.1, 0.15) is 130 Å². The molecule has 0 bridgehead atoms. The third-order valence-corrected chi connectivity index (χ3v) is 11.3. The standard InChI is InChI=1S/C39H52.2ClH.Zr/c1-23-12-17-33-31(18-23)32-21-26(38(8,9)10)22-34(32)39(33,11)35-27-15-13-24(36(2,3)4)19-29(27)30-20-25(37(5,6)7)14-16-28(30)35;;;/h13-16,19-20,22-23,31,33,35H,12,17-18,21H2,1-11H3;2*1H;/q;;;+2/p-2. The number of allylic oxidation sites excluding steroid dienone is 4. The zero-order valence-electron chi connectivity index (χ0n) is 27.9. The van der Waals surface area contributed by atoms with Crippen molar-refractivity contribution >= 4 is 0 Å². The number of rotatable bonds is 1. The Labute approximate surface area is 288 Å². The van der Waals surface area contributed by atoms with Gasteiger partial charge in [0.05, 0.1) is 0 Å². The molecule has 4 aliphatic rings. The Balaban J connectivity index is 0.00000161. The number of fused-ring (bicyclic) bond motifs is 5. The van der Waals surface area contributed by atoms with Crippen molar-refractivity contribution < 1.29 is 51.0 Å². The van der Waals surface area contributed by atoms with Gasteiger partial charge in [-0.25, -0.2) is 0 Å². The first-order valence-electron chi connectivity index (χ1n) is 15.7. The van der Waals surface area contributed by atoms with Crippen molar-refractivity contribution in [1.82, 2.24) is 0 Å². The molecule has 0 saturated heterocycles. The molecule has 4 atom stereocenters. The van der Waals surface area contributed by atoms with Crippen molar-refractivity contribution in [2.24, 2.45) is 28.6 Å². The Morgan fingerprint density at radius 1 is 0.714 bits per heavy atom. The van der Waals surface area contributed by atoms with Crippen molar-refractivity contribution in [1.29, 1.82) is 0 Å². The fraction of sp³-hybridized carbons (Fsp3) is 0.590. The molecule has 42 heavy (non-hydrogen) atoms. The molecule has 2 aromatic rings. The second kappa shape index (κ2) is 11.6. The predicted molar refractivity (Wildman–Crippen MR) is 168 cm³/mol. The first kappa shape index (κ1) is 35.9. The number of benzene rings is 2. The quantitative estimate of drug-likeness (QED) is 0.391. The Hall–Kier alpha value is -0.617. The summed E-state index contributed by atoms with van der Waals surface area (Å²) in [6.45, 7) is 26.6. The summed E-state index contributed by atoms with van der Waals surface area (Å²) in [6, 6.07) is 15.1. The summed E-state index contributed by atoms with van der Waals surface area (Å²) < 4.78 is 0. The monoisotopic (exact) mass is 680 g/mol.